The Labute approximate surface area is 132 Å². The summed E-state index contributed by atoms with van der Waals surface area (Å²) in [7, 11) is 0. The number of benzene rings is 1. The summed E-state index contributed by atoms with van der Waals surface area (Å²) in [4.78, 5) is 27.1. The van der Waals surface area contributed by atoms with E-state index in [0.717, 1.165) is 16.3 Å². The molecule has 22 heavy (non-hydrogen) atoms. The Kier molecular flexibility index (Phi) is 3.94. The van der Waals surface area contributed by atoms with Crippen LogP contribution in [0.3, 0.4) is 0 Å². The lowest BCUT2D eigenvalue weighted by Gasteiger charge is -2.05. The number of nitrogens with one attached hydrogen (secondary N) is 1. The lowest BCUT2D eigenvalue weighted by Crippen LogP contribution is -2.14. The highest BCUT2D eigenvalue weighted by Gasteiger charge is 2.43. The van der Waals surface area contributed by atoms with Crippen LogP contribution in [0.5, 0.6) is 0 Å². The van der Waals surface area contributed by atoms with Crippen molar-refractivity contribution in [2.45, 2.75) is 25.7 Å². The van der Waals surface area contributed by atoms with Crippen molar-refractivity contribution in [2.75, 3.05) is 5.32 Å². The predicted molar refractivity (Wildman–Crippen MR) is 84.1 cm³/mol. The monoisotopic (exact) mass is 316 g/mol. The molecule has 0 radical (unpaired) electrons. The number of thiazole rings is 1. The first-order valence-electron chi connectivity index (χ1n) is 7.06. The highest BCUT2D eigenvalue weighted by Crippen LogP contribution is 2.47. The number of hydrogen-bond acceptors (Lipinski definition) is 4. The maximum Gasteiger partial charge on any atom is 0.307 e. The average molecular weight is 316 g/mol. The van der Waals surface area contributed by atoms with Crippen LogP contribution in [0.4, 0.5) is 5.69 Å². The smallest absolute Gasteiger partial charge is 0.307 e. The van der Waals surface area contributed by atoms with Crippen molar-refractivity contribution in [1.82, 2.24) is 4.98 Å². The van der Waals surface area contributed by atoms with Gasteiger partial charge in [-0.25, -0.2) is 4.98 Å². The summed E-state index contributed by atoms with van der Waals surface area (Å²) in [6, 6.07) is 7.40. The van der Waals surface area contributed by atoms with E-state index in [1.54, 1.807) is 0 Å². The zero-order valence-electron chi connectivity index (χ0n) is 12.1. The standard InChI is InChI=1S/C16H16N2O3S/c1-9-17-12(8-22-9)6-15(19)18-11-4-2-10(3-5-11)13-7-14(13)16(20)21/h2-5,8,13-14H,6-7H2,1H3,(H,18,19)(H,20,21)/t13-,14+/m0/s1. The van der Waals surface area contributed by atoms with Crippen LogP contribution in [0.25, 0.3) is 0 Å². The summed E-state index contributed by atoms with van der Waals surface area (Å²) in [6.45, 7) is 1.91. The Morgan fingerprint density at radius 1 is 1.36 bits per heavy atom. The van der Waals surface area contributed by atoms with Crippen molar-refractivity contribution in [3.05, 3.63) is 45.9 Å². The van der Waals surface area contributed by atoms with E-state index in [-0.39, 0.29) is 24.2 Å². The van der Waals surface area contributed by atoms with E-state index in [4.69, 9.17) is 5.11 Å². The number of nitrogens with zero attached hydrogens (tertiary/aromatic N) is 1. The lowest BCUT2D eigenvalue weighted by atomic mass is 10.1. The third-order valence-electron chi connectivity index (χ3n) is 3.74. The number of rotatable bonds is 5. The minimum Gasteiger partial charge on any atom is -0.481 e. The van der Waals surface area contributed by atoms with Crippen molar-refractivity contribution in [2.24, 2.45) is 5.92 Å². The van der Waals surface area contributed by atoms with E-state index in [2.05, 4.69) is 10.3 Å². The molecule has 1 aromatic carbocycles. The van der Waals surface area contributed by atoms with Gasteiger partial charge in [-0.1, -0.05) is 12.1 Å². The molecule has 1 saturated carbocycles. The van der Waals surface area contributed by atoms with Gasteiger partial charge in [-0.3, -0.25) is 9.59 Å². The molecule has 3 rings (SSSR count). The molecule has 1 fully saturated rings. The molecule has 1 amide bonds. The molecule has 0 spiro atoms. The van der Waals surface area contributed by atoms with Crippen LogP contribution in [0.2, 0.25) is 0 Å². The van der Waals surface area contributed by atoms with Crippen LogP contribution >= 0.6 is 11.3 Å². The minimum atomic E-state index is -0.735. The third-order valence-corrected chi connectivity index (χ3v) is 4.56. The number of aromatic nitrogens is 1. The van der Waals surface area contributed by atoms with E-state index in [1.165, 1.54) is 11.3 Å². The Bertz CT molecular complexity index is 708. The predicted octanol–water partition coefficient (Wildman–Crippen LogP) is 2.82. The molecule has 1 aliphatic carbocycles. The summed E-state index contributed by atoms with van der Waals surface area (Å²) >= 11 is 1.53. The van der Waals surface area contributed by atoms with Gasteiger partial charge < -0.3 is 10.4 Å². The first-order valence-corrected chi connectivity index (χ1v) is 7.94. The lowest BCUT2D eigenvalue weighted by molar-refractivity contribution is -0.138. The topological polar surface area (TPSA) is 79.3 Å². The quantitative estimate of drug-likeness (QED) is 0.889. The van der Waals surface area contributed by atoms with Crippen LogP contribution in [0.15, 0.2) is 29.6 Å². The van der Waals surface area contributed by atoms with E-state index in [9.17, 15) is 9.59 Å². The summed E-state index contributed by atoms with van der Waals surface area (Å²) in [5.74, 6) is -0.984. The molecule has 0 aliphatic heterocycles. The fraction of sp³-hybridized carbons (Fsp3) is 0.312. The first kappa shape index (κ1) is 14.7. The number of aliphatic carboxylic acids is 1. The summed E-state index contributed by atoms with van der Waals surface area (Å²) in [5.41, 5.74) is 2.51. The molecule has 114 valence electrons. The fourth-order valence-electron chi connectivity index (χ4n) is 2.51. The molecule has 2 N–H and O–H groups in total. The Balaban J connectivity index is 1.57. The van der Waals surface area contributed by atoms with Gasteiger partial charge in [0.05, 0.1) is 23.0 Å². The Hall–Kier alpha value is -2.21. The minimum absolute atomic E-state index is 0.104. The fourth-order valence-corrected chi connectivity index (χ4v) is 3.12. The van der Waals surface area contributed by atoms with Crippen LogP contribution in [-0.2, 0) is 16.0 Å². The van der Waals surface area contributed by atoms with Crippen LogP contribution in [-0.4, -0.2) is 22.0 Å². The van der Waals surface area contributed by atoms with Gasteiger partial charge in [0, 0.05) is 11.1 Å². The number of aryl methyl sites for hydroxylation is 1. The van der Waals surface area contributed by atoms with Crippen molar-refractivity contribution in [1.29, 1.82) is 0 Å². The molecule has 2 aromatic rings. The highest BCUT2D eigenvalue weighted by atomic mass is 32.1. The molecule has 5 nitrogen and oxygen atoms in total. The molecule has 2 atom stereocenters. The number of hydrogen-bond donors (Lipinski definition) is 2. The first-order chi connectivity index (χ1) is 10.5. The SMILES string of the molecule is Cc1nc(CC(=O)Nc2ccc([C@@H]3C[C@H]3C(=O)O)cc2)cs1. The van der Waals surface area contributed by atoms with Gasteiger partial charge >= 0.3 is 5.97 Å². The summed E-state index contributed by atoms with van der Waals surface area (Å²) < 4.78 is 0. The van der Waals surface area contributed by atoms with Crippen molar-refractivity contribution in [3.8, 4) is 0 Å². The number of anilines is 1. The summed E-state index contributed by atoms with van der Waals surface area (Å²) in [5, 5.41) is 14.6. The van der Waals surface area contributed by atoms with E-state index in [0.29, 0.717) is 12.1 Å². The van der Waals surface area contributed by atoms with Crippen LogP contribution in [0.1, 0.15) is 28.6 Å². The molecule has 1 aromatic heterocycles. The largest absolute Gasteiger partial charge is 0.481 e. The average Bonchev–Trinajstić information content (AvgIpc) is 3.18. The van der Waals surface area contributed by atoms with Gasteiger partial charge in [-0.2, -0.15) is 0 Å². The van der Waals surface area contributed by atoms with Gasteiger partial charge in [-0.15, -0.1) is 11.3 Å². The molecule has 6 heteroatoms. The summed E-state index contributed by atoms with van der Waals surface area (Å²) in [6.07, 6.45) is 0.958. The second-order valence-corrected chi connectivity index (χ2v) is 6.55. The number of amides is 1. The second kappa shape index (κ2) is 5.88. The van der Waals surface area contributed by atoms with Crippen molar-refractivity contribution >= 4 is 28.9 Å². The van der Waals surface area contributed by atoms with Gasteiger partial charge in [0.25, 0.3) is 0 Å². The maximum atomic E-state index is 11.9. The molecule has 1 heterocycles. The molecule has 1 aliphatic rings. The second-order valence-electron chi connectivity index (χ2n) is 5.49. The maximum absolute atomic E-state index is 11.9. The Morgan fingerprint density at radius 2 is 2.09 bits per heavy atom. The van der Waals surface area contributed by atoms with Gasteiger partial charge in [0.1, 0.15) is 0 Å². The zero-order valence-corrected chi connectivity index (χ0v) is 12.9. The number of carboxylic acid groups (broad SMARTS) is 1. The highest BCUT2D eigenvalue weighted by molar-refractivity contribution is 7.09. The van der Waals surface area contributed by atoms with Gasteiger partial charge in [0.2, 0.25) is 5.91 Å². The molecular formula is C16H16N2O3S. The van der Waals surface area contributed by atoms with E-state index >= 15 is 0 Å². The molecular weight excluding hydrogens is 300 g/mol. The Morgan fingerprint density at radius 3 is 2.64 bits per heavy atom. The van der Waals surface area contributed by atoms with Crippen molar-refractivity contribution in [3.63, 3.8) is 0 Å². The van der Waals surface area contributed by atoms with E-state index in [1.807, 2.05) is 36.6 Å². The van der Waals surface area contributed by atoms with Gasteiger partial charge in [-0.05, 0) is 37.0 Å². The number of carboxylic acids is 1. The van der Waals surface area contributed by atoms with Gasteiger partial charge in [0.15, 0.2) is 0 Å². The zero-order chi connectivity index (χ0) is 15.7. The van der Waals surface area contributed by atoms with Crippen molar-refractivity contribution < 1.29 is 14.7 Å². The number of carbonyl (C=O) groups is 2. The number of carbonyl (C=O) groups excluding carboxylic acids is 1. The molecule has 0 unspecified atom stereocenters. The van der Waals surface area contributed by atoms with E-state index < -0.39 is 5.97 Å². The third kappa shape index (κ3) is 3.33. The van der Waals surface area contributed by atoms with Crippen LogP contribution in [0, 0.1) is 12.8 Å². The van der Waals surface area contributed by atoms with Crippen LogP contribution < -0.4 is 5.32 Å². The molecule has 0 saturated heterocycles. The molecule has 0 bridgehead atoms. The normalized spacial score (nSPS) is 19.7.